The van der Waals surface area contributed by atoms with Crippen molar-refractivity contribution in [3.05, 3.63) is 41.7 Å². The number of benzene rings is 1. The zero-order valence-electron chi connectivity index (χ0n) is 8.40. The summed E-state index contributed by atoms with van der Waals surface area (Å²) in [6.07, 6.45) is 0.738. The molecule has 15 heavy (non-hydrogen) atoms. The number of carbonyl (C=O) groups is 1. The van der Waals surface area contributed by atoms with Crippen LogP contribution in [0.3, 0.4) is 0 Å². The molecule has 0 fully saturated rings. The van der Waals surface area contributed by atoms with Crippen LogP contribution in [-0.4, -0.2) is 16.1 Å². The predicted octanol–water partition coefficient (Wildman–Crippen LogP) is 2.50. The Morgan fingerprint density at radius 2 is 2.13 bits per heavy atom. The molecule has 0 aliphatic heterocycles. The largest absolute Gasteiger partial charge is 0.477 e. The van der Waals surface area contributed by atoms with Crippen molar-refractivity contribution < 1.29 is 9.90 Å². The number of rotatable bonds is 2. The van der Waals surface area contributed by atoms with Crippen LogP contribution in [0.2, 0.25) is 0 Å². The van der Waals surface area contributed by atoms with Crippen LogP contribution in [-0.2, 0) is 6.42 Å². The normalized spacial score (nSPS) is 10.5. The summed E-state index contributed by atoms with van der Waals surface area (Å²) in [6, 6.07) is 9.31. The summed E-state index contributed by atoms with van der Waals surface area (Å²) < 4.78 is 0. The van der Waals surface area contributed by atoms with E-state index in [0.29, 0.717) is 0 Å². The Kier molecular flexibility index (Phi) is 2.37. The molecular weight excluding hydrogens is 190 g/mol. The minimum Gasteiger partial charge on any atom is -0.477 e. The van der Waals surface area contributed by atoms with Gasteiger partial charge in [-0.15, -0.1) is 0 Å². The average Bonchev–Trinajstić information content (AvgIpc) is 2.27. The van der Waals surface area contributed by atoms with Crippen LogP contribution in [0.4, 0.5) is 0 Å². The SMILES string of the molecule is CCc1nc(C(=O)O)cc2ccccc12. The van der Waals surface area contributed by atoms with Crippen LogP contribution in [0.5, 0.6) is 0 Å². The molecule has 3 heteroatoms. The molecule has 0 aliphatic rings. The molecule has 0 atom stereocenters. The summed E-state index contributed by atoms with van der Waals surface area (Å²) >= 11 is 0. The standard InChI is InChI=1S/C12H11NO2/c1-2-10-9-6-4-3-5-8(9)7-11(13-10)12(14)15/h3-7H,2H2,1H3,(H,14,15). The molecular formula is C12H11NO2. The predicted molar refractivity (Wildman–Crippen MR) is 58.1 cm³/mol. The molecule has 0 unspecified atom stereocenters. The molecule has 0 bridgehead atoms. The number of pyridine rings is 1. The maximum atomic E-state index is 10.9. The third kappa shape index (κ3) is 1.68. The Labute approximate surface area is 87.4 Å². The van der Waals surface area contributed by atoms with Crippen molar-refractivity contribution in [2.45, 2.75) is 13.3 Å². The highest BCUT2D eigenvalue weighted by Crippen LogP contribution is 2.18. The minimum atomic E-state index is -0.976. The minimum absolute atomic E-state index is 0.116. The molecule has 0 aliphatic carbocycles. The average molecular weight is 201 g/mol. The van der Waals surface area contributed by atoms with Gasteiger partial charge in [0.15, 0.2) is 0 Å². The van der Waals surface area contributed by atoms with Crippen molar-refractivity contribution in [1.29, 1.82) is 0 Å². The highest BCUT2D eigenvalue weighted by molar-refractivity contribution is 5.93. The molecule has 0 radical (unpaired) electrons. The molecule has 0 spiro atoms. The molecule has 1 N–H and O–H groups in total. The highest BCUT2D eigenvalue weighted by atomic mass is 16.4. The summed E-state index contributed by atoms with van der Waals surface area (Å²) in [5.41, 5.74) is 0.955. The van der Waals surface area contributed by atoms with Gasteiger partial charge in [0, 0.05) is 11.1 Å². The first-order chi connectivity index (χ1) is 7.22. The van der Waals surface area contributed by atoms with E-state index in [-0.39, 0.29) is 5.69 Å². The van der Waals surface area contributed by atoms with E-state index in [1.165, 1.54) is 0 Å². The third-order valence-corrected chi connectivity index (χ3v) is 2.37. The van der Waals surface area contributed by atoms with Crippen LogP contribution < -0.4 is 0 Å². The number of carboxylic acid groups (broad SMARTS) is 1. The Morgan fingerprint density at radius 1 is 1.40 bits per heavy atom. The second kappa shape index (κ2) is 3.69. The van der Waals surface area contributed by atoms with Gasteiger partial charge in [-0.2, -0.15) is 0 Å². The zero-order chi connectivity index (χ0) is 10.8. The van der Waals surface area contributed by atoms with Gasteiger partial charge in [0.25, 0.3) is 0 Å². The summed E-state index contributed by atoms with van der Waals surface area (Å²) in [7, 11) is 0. The molecule has 0 amide bonds. The van der Waals surface area contributed by atoms with E-state index in [4.69, 9.17) is 5.11 Å². The van der Waals surface area contributed by atoms with E-state index in [0.717, 1.165) is 22.9 Å². The molecule has 1 heterocycles. The van der Waals surface area contributed by atoms with Gasteiger partial charge in [-0.05, 0) is 17.9 Å². The molecule has 1 aromatic carbocycles. The molecule has 3 nitrogen and oxygen atoms in total. The molecule has 0 saturated heterocycles. The van der Waals surface area contributed by atoms with E-state index in [2.05, 4.69) is 4.98 Å². The monoisotopic (exact) mass is 201 g/mol. The quantitative estimate of drug-likeness (QED) is 0.812. The van der Waals surface area contributed by atoms with Gasteiger partial charge in [0.1, 0.15) is 5.69 Å². The summed E-state index contributed by atoms with van der Waals surface area (Å²) in [5, 5.41) is 10.9. The number of hydrogen-bond donors (Lipinski definition) is 1. The van der Waals surface area contributed by atoms with Gasteiger partial charge in [-0.25, -0.2) is 9.78 Å². The summed E-state index contributed by atoms with van der Waals surface area (Å²) in [5.74, 6) is -0.976. The van der Waals surface area contributed by atoms with Crippen molar-refractivity contribution >= 4 is 16.7 Å². The topological polar surface area (TPSA) is 50.2 Å². The Bertz CT molecular complexity index is 520. The van der Waals surface area contributed by atoms with Gasteiger partial charge >= 0.3 is 5.97 Å². The van der Waals surface area contributed by atoms with E-state index in [9.17, 15) is 4.79 Å². The lowest BCUT2D eigenvalue weighted by Crippen LogP contribution is -2.03. The molecule has 2 rings (SSSR count). The van der Waals surface area contributed by atoms with Gasteiger partial charge in [0.05, 0.1) is 0 Å². The van der Waals surface area contributed by atoms with Crippen LogP contribution in [0.1, 0.15) is 23.1 Å². The van der Waals surface area contributed by atoms with Crippen LogP contribution in [0.25, 0.3) is 10.8 Å². The lowest BCUT2D eigenvalue weighted by atomic mass is 10.1. The second-order valence-electron chi connectivity index (χ2n) is 3.33. The highest BCUT2D eigenvalue weighted by Gasteiger charge is 2.08. The number of fused-ring (bicyclic) bond motifs is 1. The molecule has 2 aromatic rings. The molecule has 1 aromatic heterocycles. The smallest absolute Gasteiger partial charge is 0.354 e. The first kappa shape index (κ1) is 9.65. The van der Waals surface area contributed by atoms with E-state index >= 15 is 0 Å². The lowest BCUT2D eigenvalue weighted by molar-refractivity contribution is 0.0690. The van der Waals surface area contributed by atoms with Crippen molar-refractivity contribution in [3.8, 4) is 0 Å². The van der Waals surface area contributed by atoms with E-state index < -0.39 is 5.97 Å². The summed E-state index contributed by atoms with van der Waals surface area (Å²) in [4.78, 5) is 15.0. The van der Waals surface area contributed by atoms with Crippen molar-refractivity contribution in [1.82, 2.24) is 4.98 Å². The van der Waals surface area contributed by atoms with E-state index in [1.807, 2.05) is 31.2 Å². The van der Waals surface area contributed by atoms with Gasteiger partial charge < -0.3 is 5.11 Å². The zero-order valence-corrected chi connectivity index (χ0v) is 8.40. The maximum absolute atomic E-state index is 10.9. The Hall–Kier alpha value is -1.90. The number of hydrogen-bond acceptors (Lipinski definition) is 2. The van der Waals surface area contributed by atoms with Crippen LogP contribution >= 0.6 is 0 Å². The fourth-order valence-corrected chi connectivity index (χ4v) is 1.65. The van der Waals surface area contributed by atoms with Crippen LogP contribution in [0.15, 0.2) is 30.3 Å². The van der Waals surface area contributed by atoms with Crippen molar-refractivity contribution in [2.75, 3.05) is 0 Å². The number of carboxylic acids is 1. The van der Waals surface area contributed by atoms with Crippen molar-refractivity contribution in [3.63, 3.8) is 0 Å². The first-order valence-electron chi connectivity index (χ1n) is 4.84. The van der Waals surface area contributed by atoms with Gasteiger partial charge in [-0.3, -0.25) is 0 Å². The third-order valence-electron chi connectivity index (χ3n) is 2.37. The summed E-state index contributed by atoms with van der Waals surface area (Å²) in [6.45, 7) is 1.97. The fraction of sp³-hybridized carbons (Fsp3) is 0.167. The number of aromatic carboxylic acids is 1. The molecule has 0 saturated carbocycles. The van der Waals surface area contributed by atoms with Gasteiger partial charge in [-0.1, -0.05) is 31.2 Å². The number of aryl methyl sites for hydroxylation is 1. The van der Waals surface area contributed by atoms with Gasteiger partial charge in [0.2, 0.25) is 0 Å². The maximum Gasteiger partial charge on any atom is 0.354 e. The second-order valence-corrected chi connectivity index (χ2v) is 3.33. The van der Waals surface area contributed by atoms with E-state index in [1.54, 1.807) is 6.07 Å². The Balaban J connectivity index is 2.77. The number of aromatic nitrogens is 1. The van der Waals surface area contributed by atoms with Crippen LogP contribution in [0, 0.1) is 0 Å². The first-order valence-corrected chi connectivity index (χ1v) is 4.84. The number of nitrogens with zero attached hydrogens (tertiary/aromatic N) is 1. The lowest BCUT2D eigenvalue weighted by Gasteiger charge is -2.04. The fourth-order valence-electron chi connectivity index (χ4n) is 1.65. The Morgan fingerprint density at radius 3 is 2.80 bits per heavy atom. The molecule has 76 valence electrons. The van der Waals surface area contributed by atoms with Crippen molar-refractivity contribution in [2.24, 2.45) is 0 Å².